The topological polar surface area (TPSA) is 108 Å². The molecule has 1 heterocycles. The summed E-state index contributed by atoms with van der Waals surface area (Å²) >= 11 is 0. The fourth-order valence-electron chi connectivity index (χ4n) is 4.32. The summed E-state index contributed by atoms with van der Waals surface area (Å²) in [5.41, 5.74) is 0.0842. The number of hydrogen-bond donors (Lipinski definition) is 1. The molecule has 33 heavy (non-hydrogen) atoms. The summed E-state index contributed by atoms with van der Waals surface area (Å²) in [6.07, 6.45) is 14.1. The second-order valence-corrected chi connectivity index (χ2v) is 8.75. The standard InChI is InChI=1S/C25H33NO7/c1-31-20-12-10-18-14-21(24(29)33-23(18)16-20)26-25(30)32-13-7-5-3-2-4-6-8-17-9-11-19(27)15-22(17)28/h10,12,14,16-18,23H,2-9,11,13,15H2,1H3,(H,26,30). The number of carbonyl (C=O) groups excluding carboxylic acids is 4. The van der Waals surface area contributed by atoms with Crippen LogP contribution in [0.5, 0.6) is 0 Å². The van der Waals surface area contributed by atoms with E-state index in [1.807, 2.05) is 6.08 Å². The van der Waals surface area contributed by atoms with E-state index in [9.17, 15) is 19.2 Å². The first-order valence-electron chi connectivity index (χ1n) is 11.8. The first-order valence-corrected chi connectivity index (χ1v) is 11.8. The van der Waals surface area contributed by atoms with E-state index in [0.717, 1.165) is 51.4 Å². The number of nitrogens with one attached hydrogen (secondary N) is 1. The number of hydrogen-bond acceptors (Lipinski definition) is 7. The Morgan fingerprint density at radius 3 is 2.61 bits per heavy atom. The average molecular weight is 460 g/mol. The van der Waals surface area contributed by atoms with E-state index in [1.165, 1.54) is 0 Å². The Balaban J connectivity index is 1.23. The Morgan fingerprint density at radius 2 is 1.85 bits per heavy atom. The van der Waals surface area contributed by atoms with E-state index in [-0.39, 0.29) is 42.1 Å². The monoisotopic (exact) mass is 459 g/mol. The zero-order valence-electron chi connectivity index (χ0n) is 19.2. The molecule has 8 heteroatoms. The maximum Gasteiger partial charge on any atom is 0.411 e. The van der Waals surface area contributed by atoms with Gasteiger partial charge < -0.3 is 14.2 Å². The summed E-state index contributed by atoms with van der Waals surface area (Å²) in [4.78, 5) is 47.2. The van der Waals surface area contributed by atoms with Gasteiger partial charge in [0.15, 0.2) is 0 Å². The van der Waals surface area contributed by atoms with Crippen molar-refractivity contribution in [3.63, 3.8) is 0 Å². The van der Waals surface area contributed by atoms with Gasteiger partial charge in [-0.15, -0.1) is 0 Å². The fourth-order valence-corrected chi connectivity index (χ4v) is 4.32. The molecule has 1 N–H and O–H groups in total. The van der Waals surface area contributed by atoms with E-state index >= 15 is 0 Å². The molecule has 3 atom stereocenters. The molecule has 1 fully saturated rings. The Kier molecular flexibility index (Phi) is 9.27. The smallest absolute Gasteiger partial charge is 0.411 e. The highest BCUT2D eigenvalue weighted by molar-refractivity contribution is 6.02. The summed E-state index contributed by atoms with van der Waals surface area (Å²) in [6.45, 7) is 0.282. The molecule has 0 saturated heterocycles. The lowest BCUT2D eigenvalue weighted by Crippen LogP contribution is -2.37. The Hall–Kier alpha value is -2.90. The van der Waals surface area contributed by atoms with Crippen molar-refractivity contribution >= 4 is 23.6 Å². The summed E-state index contributed by atoms with van der Waals surface area (Å²) in [5.74, 6) is 0.144. The van der Waals surface area contributed by atoms with Gasteiger partial charge >= 0.3 is 12.1 Å². The zero-order valence-corrected chi connectivity index (χ0v) is 19.2. The molecule has 180 valence electrons. The number of allylic oxidation sites excluding steroid dienone is 1. The number of ether oxygens (including phenoxy) is 3. The average Bonchev–Trinajstić information content (AvgIpc) is 2.79. The Bertz CT molecular complexity index is 842. The van der Waals surface area contributed by atoms with Crippen LogP contribution in [0.2, 0.25) is 0 Å². The van der Waals surface area contributed by atoms with Crippen LogP contribution in [-0.2, 0) is 28.6 Å². The summed E-state index contributed by atoms with van der Waals surface area (Å²) in [5, 5.41) is 2.47. The number of carbonyl (C=O) groups is 4. The first kappa shape index (κ1) is 24.7. The van der Waals surface area contributed by atoms with Crippen LogP contribution in [0.4, 0.5) is 4.79 Å². The fraction of sp³-hybridized carbons (Fsp3) is 0.600. The lowest BCUT2D eigenvalue weighted by molar-refractivity contribution is -0.145. The van der Waals surface area contributed by atoms with E-state index in [1.54, 1.807) is 25.3 Å². The zero-order chi connectivity index (χ0) is 23.6. The van der Waals surface area contributed by atoms with Gasteiger partial charge in [0.25, 0.3) is 0 Å². The van der Waals surface area contributed by atoms with Gasteiger partial charge in [0, 0.05) is 18.3 Å². The van der Waals surface area contributed by atoms with Crippen molar-refractivity contribution in [3.8, 4) is 0 Å². The van der Waals surface area contributed by atoms with Crippen LogP contribution in [0, 0.1) is 11.8 Å². The Morgan fingerprint density at radius 1 is 1.09 bits per heavy atom. The van der Waals surface area contributed by atoms with Crippen molar-refractivity contribution < 1.29 is 33.4 Å². The van der Waals surface area contributed by atoms with E-state index in [4.69, 9.17) is 14.2 Å². The SMILES string of the molecule is COC1=CC2OC(=O)C(NC(=O)OCCCCCCCCC3CCC(=O)CC3=O)=CC2C=C1. The maximum absolute atomic E-state index is 12.1. The van der Waals surface area contributed by atoms with Crippen molar-refractivity contribution in [1.29, 1.82) is 0 Å². The summed E-state index contributed by atoms with van der Waals surface area (Å²) in [6, 6.07) is 0. The molecule has 1 aliphatic heterocycles. The van der Waals surface area contributed by atoms with Crippen LogP contribution < -0.4 is 5.32 Å². The molecule has 0 spiro atoms. The molecule has 3 aliphatic rings. The number of alkyl carbamates (subject to hydrolysis) is 1. The molecule has 1 saturated carbocycles. The van der Waals surface area contributed by atoms with E-state index in [2.05, 4.69) is 5.32 Å². The predicted octanol–water partition coefficient (Wildman–Crippen LogP) is 3.91. The number of ketones is 2. The van der Waals surface area contributed by atoms with E-state index in [0.29, 0.717) is 12.2 Å². The maximum atomic E-state index is 12.1. The minimum atomic E-state index is -0.666. The second kappa shape index (κ2) is 12.4. The van der Waals surface area contributed by atoms with Crippen molar-refractivity contribution in [1.82, 2.24) is 5.32 Å². The van der Waals surface area contributed by atoms with E-state index < -0.39 is 18.2 Å². The third-order valence-corrected chi connectivity index (χ3v) is 6.26. The number of esters is 1. The predicted molar refractivity (Wildman–Crippen MR) is 120 cm³/mol. The summed E-state index contributed by atoms with van der Waals surface area (Å²) < 4.78 is 15.7. The highest BCUT2D eigenvalue weighted by Gasteiger charge is 2.32. The van der Waals surface area contributed by atoms with Gasteiger partial charge in [-0.05, 0) is 37.5 Å². The van der Waals surface area contributed by atoms with Crippen LogP contribution in [-0.4, -0.2) is 43.4 Å². The molecular formula is C25H33NO7. The Labute approximate surface area is 194 Å². The molecule has 0 bridgehead atoms. The van der Waals surface area contributed by atoms with Gasteiger partial charge in [0.05, 0.1) is 20.1 Å². The van der Waals surface area contributed by atoms with Crippen LogP contribution in [0.25, 0.3) is 0 Å². The van der Waals surface area contributed by atoms with Gasteiger partial charge in [-0.3, -0.25) is 14.9 Å². The number of Topliss-reactive ketones (excluding diaryl/α,β-unsaturated/α-hetero) is 2. The molecule has 1 amide bonds. The molecule has 8 nitrogen and oxygen atoms in total. The number of unbranched alkanes of at least 4 members (excludes halogenated alkanes) is 5. The normalized spacial score (nSPS) is 24.4. The largest absolute Gasteiger partial charge is 0.497 e. The minimum absolute atomic E-state index is 0.0745. The lowest BCUT2D eigenvalue weighted by Gasteiger charge is -2.28. The number of rotatable bonds is 11. The van der Waals surface area contributed by atoms with Crippen molar-refractivity contribution in [3.05, 3.63) is 35.8 Å². The third-order valence-electron chi connectivity index (χ3n) is 6.26. The first-order chi connectivity index (χ1) is 16.0. The quantitative estimate of drug-likeness (QED) is 0.283. The second-order valence-electron chi connectivity index (χ2n) is 8.75. The highest BCUT2D eigenvalue weighted by Crippen LogP contribution is 2.27. The number of methoxy groups -OCH3 is 1. The van der Waals surface area contributed by atoms with Crippen molar-refractivity contribution in [2.45, 2.75) is 70.3 Å². The van der Waals surface area contributed by atoms with Gasteiger partial charge in [-0.25, -0.2) is 9.59 Å². The van der Waals surface area contributed by atoms with Gasteiger partial charge in [0.1, 0.15) is 29.1 Å². The molecule has 0 aromatic rings. The molecule has 0 aromatic heterocycles. The van der Waals surface area contributed by atoms with Gasteiger partial charge in [0.2, 0.25) is 0 Å². The molecular weight excluding hydrogens is 426 g/mol. The minimum Gasteiger partial charge on any atom is -0.497 e. The van der Waals surface area contributed by atoms with Crippen LogP contribution in [0.15, 0.2) is 35.8 Å². The van der Waals surface area contributed by atoms with Gasteiger partial charge in [-0.2, -0.15) is 0 Å². The van der Waals surface area contributed by atoms with Crippen molar-refractivity contribution in [2.75, 3.05) is 13.7 Å². The van der Waals surface area contributed by atoms with Crippen LogP contribution in [0.3, 0.4) is 0 Å². The third kappa shape index (κ3) is 7.58. The molecule has 2 aliphatic carbocycles. The number of fused-ring (bicyclic) bond motifs is 1. The lowest BCUT2D eigenvalue weighted by atomic mass is 9.84. The highest BCUT2D eigenvalue weighted by atomic mass is 16.6. The van der Waals surface area contributed by atoms with Crippen molar-refractivity contribution in [2.24, 2.45) is 11.8 Å². The number of amides is 1. The molecule has 0 radical (unpaired) electrons. The van der Waals surface area contributed by atoms with Crippen LogP contribution in [0.1, 0.15) is 64.2 Å². The van der Waals surface area contributed by atoms with Gasteiger partial charge in [-0.1, -0.05) is 38.2 Å². The summed E-state index contributed by atoms with van der Waals surface area (Å²) in [7, 11) is 1.55. The molecule has 0 aromatic carbocycles. The molecule has 3 unspecified atom stereocenters. The molecule has 3 rings (SSSR count). The van der Waals surface area contributed by atoms with Crippen LogP contribution >= 0.6 is 0 Å².